The fourth-order valence-corrected chi connectivity index (χ4v) is 1.93. The quantitative estimate of drug-likeness (QED) is 0.720. The maximum absolute atomic E-state index is 10.7. The van der Waals surface area contributed by atoms with Crippen LogP contribution in [0.3, 0.4) is 0 Å². The van der Waals surface area contributed by atoms with Crippen LogP contribution >= 0.6 is 0 Å². The van der Waals surface area contributed by atoms with E-state index < -0.39 is 5.97 Å². The molecule has 13 heavy (non-hydrogen) atoms. The predicted octanol–water partition coefficient (Wildman–Crippen LogP) is 2.17. The second-order valence-electron chi connectivity index (χ2n) is 3.47. The number of furan rings is 1. The molecule has 1 aromatic rings. The molecule has 1 heterocycles. The Morgan fingerprint density at radius 2 is 2.08 bits per heavy atom. The Bertz CT molecular complexity index is 349. The Labute approximate surface area is 76.4 Å². The number of hydrogen-bond acceptors (Lipinski definition) is 2. The fraction of sp³-hybridized carbons (Fsp3) is 0.500. The Kier molecular flexibility index (Phi) is 1.87. The summed E-state index contributed by atoms with van der Waals surface area (Å²) in [5.74, 6) is 0.0694. The van der Waals surface area contributed by atoms with E-state index in [0.29, 0.717) is 0 Å². The molecule has 0 spiro atoms. The van der Waals surface area contributed by atoms with Gasteiger partial charge in [0.1, 0.15) is 5.76 Å². The molecule has 0 unspecified atom stereocenters. The number of carboxylic acid groups (broad SMARTS) is 1. The first-order valence-corrected chi connectivity index (χ1v) is 4.54. The number of carbonyl (C=O) groups is 1. The van der Waals surface area contributed by atoms with E-state index in [0.717, 1.165) is 42.6 Å². The summed E-state index contributed by atoms with van der Waals surface area (Å²) >= 11 is 0. The highest BCUT2D eigenvalue weighted by Gasteiger charge is 2.22. The van der Waals surface area contributed by atoms with Crippen molar-refractivity contribution < 1.29 is 14.3 Å². The number of aromatic carboxylic acids is 1. The summed E-state index contributed by atoms with van der Waals surface area (Å²) < 4.78 is 5.30. The van der Waals surface area contributed by atoms with E-state index in [4.69, 9.17) is 9.52 Å². The lowest BCUT2D eigenvalue weighted by Gasteiger charge is -2.08. The van der Waals surface area contributed by atoms with Crippen LogP contribution in [-0.2, 0) is 12.8 Å². The van der Waals surface area contributed by atoms with E-state index in [1.165, 1.54) is 0 Å². The van der Waals surface area contributed by atoms with Gasteiger partial charge in [-0.25, -0.2) is 4.79 Å². The van der Waals surface area contributed by atoms with Crippen LogP contribution in [-0.4, -0.2) is 11.1 Å². The number of carboxylic acids is 1. The number of rotatable bonds is 1. The van der Waals surface area contributed by atoms with Gasteiger partial charge in [0, 0.05) is 12.0 Å². The molecule has 0 atom stereocenters. The van der Waals surface area contributed by atoms with Crippen LogP contribution < -0.4 is 0 Å². The zero-order valence-corrected chi connectivity index (χ0v) is 7.59. The molecule has 1 aromatic heterocycles. The summed E-state index contributed by atoms with van der Waals surface area (Å²) in [6.45, 7) is 1.83. The van der Waals surface area contributed by atoms with Gasteiger partial charge in [0.05, 0.1) is 0 Å². The molecular weight excluding hydrogens is 168 g/mol. The van der Waals surface area contributed by atoms with Crippen molar-refractivity contribution in [1.82, 2.24) is 0 Å². The fourth-order valence-electron chi connectivity index (χ4n) is 1.93. The summed E-state index contributed by atoms with van der Waals surface area (Å²) in [6.07, 6.45) is 4.12. The van der Waals surface area contributed by atoms with Gasteiger partial charge in [0.25, 0.3) is 0 Å². The van der Waals surface area contributed by atoms with E-state index >= 15 is 0 Å². The predicted molar refractivity (Wildman–Crippen MR) is 47.0 cm³/mol. The van der Waals surface area contributed by atoms with Gasteiger partial charge < -0.3 is 9.52 Å². The van der Waals surface area contributed by atoms with Crippen molar-refractivity contribution >= 4 is 5.97 Å². The summed E-state index contributed by atoms with van der Waals surface area (Å²) in [7, 11) is 0. The normalized spacial score (nSPS) is 15.5. The summed E-state index contributed by atoms with van der Waals surface area (Å²) in [5, 5.41) is 8.82. The van der Waals surface area contributed by atoms with Gasteiger partial charge in [-0.2, -0.15) is 0 Å². The molecule has 0 aliphatic heterocycles. The van der Waals surface area contributed by atoms with Gasteiger partial charge in [-0.15, -0.1) is 0 Å². The first kappa shape index (κ1) is 8.35. The lowest BCUT2D eigenvalue weighted by Crippen LogP contribution is -2.00. The molecule has 1 N–H and O–H groups in total. The van der Waals surface area contributed by atoms with Gasteiger partial charge >= 0.3 is 5.97 Å². The molecule has 0 saturated carbocycles. The van der Waals surface area contributed by atoms with Crippen LogP contribution in [0.4, 0.5) is 0 Å². The first-order chi connectivity index (χ1) is 6.20. The molecule has 0 bridgehead atoms. The van der Waals surface area contributed by atoms with Gasteiger partial charge in [-0.1, -0.05) is 0 Å². The van der Waals surface area contributed by atoms with Gasteiger partial charge in [0.2, 0.25) is 5.76 Å². The molecule has 0 saturated heterocycles. The number of hydrogen-bond donors (Lipinski definition) is 1. The van der Waals surface area contributed by atoms with E-state index in [2.05, 4.69) is 0 Å². The minimum absolute atomic E-state index is 0.131. The van der Waals surface area contributed by atoms with Crippen LogP contribution in [0.25, 0.3) is 0 Å². The van der Waals surface area contributed by atoms with Crippen LogP contribution in [0.1, 0.15) is 40.3 Å². The van der Waals surface area contributed by atoms with Crippen molar-refractivity contribution in [3.05, 3.63) is 22.6 Å². The monoisotopic (exact) mass is 180 g/mol. The second kappa shape index (κ2) is 2.91. The highest BCUT2D eigenvalue weighted by atomic mass is 16.4. The Morgan fingerprint density at radius 1 is 1.38 bits per heavy atom. The Morgan fingerprint density at radius 3 is 2.69 bits per heavy atom. The van der Waals surface area contributed by atoms with Crippen molar-refractivity contribution in [2.24, 2.45) is 0 Å². The summed E-state index contributed by atoms with van der Waals surface area (Å²) in [5.41, 5.74) is 1.95. The van der Waals surface area contributed by atoms with Crippen molar-refractivity contribution in [1.29, 1.82) is 0 Å². The average Bonchev–Trinajstić information content (AvgIpc) is 2.45. The van der Waals surface area contributed by atoms with E-state index in [1.54, 1.807) is 0 Å². The molecule has 0 fully saturated rings. The molecule has 3 heteroatoms. The molecular formula is C10H12O3. The maximum Gasteiger partial charge on any atom is 0.372 e. The van der Waals surface area contributed by atoms with Crippen molar-refractivity contribution in [2.75, 3.05) is 0 Å². The van der Waals surface area contributed by atoms with Gasteiger partial charge in [-0.3, -0.25) is 0 Å². The number of fused-ring (bicyclic) bond motifs is 1. The second-order valence-corrected chi connectivity index (χ2v) is 3.47. The highest BCUT2D eigenvalue weighted by molar-refractivity contribution is 5.86. The van der Waals surface area contributed by atoms with Gasteiger partial charge in [-0.05, 0) is 31.7 Å². The van der Waals surface area contributed by atoms with Crippen LogP contribution in [0.15, 0.2) is 4.42 Å². The molecule has 1 aliphatic carbocycles. The standard InChI is InChI=1S/C10H12O3/c1-6-7-4-2-3-5-8(7)13-9(6)10(11)12/h2-5H2,1H3,(H,11,12). The summed E-state index contributed by atoms with van der Waals surface area (Å²) in [4.78, 5) is 10.7. The first-order valence-electron chi connectivity index (χ1n) is 4.54. The maximum atomic E-state index is 10.7. The van der Waals surface area contributed by atoms with E-state index in [-0.39, 0.29) is 5.76 Å². The Hall–Kier alpha value is -1.25. The lowest BCUT2D eigenvalue weighted by atomic mass is 9.95. The van der Waals surface area contributed by atoms with E-state index in [9.17, 15) is 4.79 Å². The zero-order valence-electron chi connectivity index (χ0n) is 7.59. The van der Waals surface area contributed by atoms with Crippen molar-refractivity contribution in [3.63, 3.8) is 0 Å². The summed E-state index contributed by atoms with van der Waals surface area (Å²) in [6, 6.07) is 0. The Balaban J connectivity index is 2.50. The minimum Gasteiger partial charge on any atom is -0.475 e. The molecule has 70 valence electrons. The number of aryl methyl sites for hydroxylation is 1. The lowest BCUT2D eigenvalue weighted by molar-refractivity contribution is 0.0659. The topological polar surface area (TPSA) is 50.4 Å². The smallest absolute Gasteiger partial charge is 0.372 e. The molecule has 0 radical (unpaired) electrons. The van der Waals surface area contributed by atoms with E-state index in [1.807, 2.05) is 6.92 Å². The zero-order chi connectivity index (χ0) is 9.42. The van der Waals surface area contributed by atoms with Crippen LogP contribution in [0.2, 0.25) is 0 Å². The third-order valence-corrected chi connectivity index (χ3v) is 2.63. The third kappa shape index (κ3) is 1.24. The van der Waals surface area contributed by atoms with Crippen molar-refractivity contribution in [3.8, 4) is 0 Å². The van der Waals surface area contributed by atoms with Gasteiger partial charge in [0.15, 0.2) is 0 Å². The third-order valence-electron chi connectivity index (χ3n) is 2.63. The molecule has 1 aliphatic rings. The molecule has 0 amide bonds. The van der Waals surface area contributed by atoms with Crippen molar-refractivity contribution in [2.45, 2.75) is 32.6 Å². The van der Waals surface area contributed by atoms with Crippen LogP contribution in [0, 0.1) is 6.92 Å². The largest absolute Gasteiger partial charge is 0.475 e. The highest BCUT2D eigenvalue weighted by Crippen LogP contribution is 2.28. The van der Waals surface area contributed by atoms with Crippen LogP contribution in [0.5, 0.6) is 0 Å². The molecule has 0 aromatic carbocycles. The average molecular weight is 180 g/mol. The SMILES string of the molecule is Cc1c(C(=O)O)oc2c1CCCC2. The molecule has 3 nitrogen and oxygen atoms in total. The molecule has 2 rings (SSSR count). The minimum atomic E-state index is -0.952.